The van der Waals surface area contributed by atoms with Gasteiger partial charge in [0.05, 0.1) is 6.54 Å². The average molecular weight is 350 g/mol. The lowest BCUT2D eigenvalue weighted by Gasteiger charge is -2.33. The van der Waals surface area contributed by atoms with Crippen LogP contribution >= 0.6 is 15.9 Å². The van der Waals surface area contributed by atoms with Crippen LogP contribution in [0.2, 0.25) is 0 Å². The Balaban J connectivity index is 1.92. The minimum atomic E-state index is 0.287. The maximum absolute atomic E-state index is 5.90. The first-order valence-electron chi connectivity index (χ1n) is 7.39. The van der Waals surface area contributed by atoms with Gasteiger partial charge >= 0.3 is 0 Å². The SMILES string of the molecule is CC1(Cn2nnnc2-c2cc(N)ccc2Br)CCCCC1. The van der Waals surface area contributed by atoms with E-state index in [9.17, 15) is 0 Å². The molecule has 1 heterocycles. The van der Waals surface area contributed by atoms with Crippen LogP contribution in [0.5, 0.6) is 0 Å². The maximum Gasteiger partial charge on any atom is 0.183 e. The molecular weight excluding hydrogens is 330 g/mol. The number of halogens is 1. The highest BCUT2D eigenvalue weighted by molar-refractivity contribution is 9.10. The van der Waals surface area contributed by atoms with E-state index in [1.807, 2.05) is 22.9 Å². The fourth-order valence-corrected chi connectivity index (χ4v) is 3.57. The number of anilines is 1. The number of benzene rings is 1. The van der Waals surface area contributed by atoms with Crippen LogP contribution in [0.15, 0.2) is 22.7 Å². The molecule has 0 spiro atoms. The Morgan fingerprint density at radius 3 is 2.81 bits per heavy atom. The molecule has 2 N–H and O–H groups in total. The molecule has 0 unspecified atom stereocenters. The normalized spacial score (nSPS) is 17.8. The Morgan fingerprint density at radius 1 is 1.29 bits per heavy atom. The first-order valence-corrected chi connectivity index (χ1v) is 8.18. The summed E-state index contributed by atoms with van der Waals surface area (Å²) in [5.41, 5.74) is 7.84. The Labute approximate surface area is 133 Å². The molecule has 5 nitrogen and oxygen atoms in total. The Kier molecular flexibility index (Phi) is 3.97. The van der Waals surface area contributed by atoms with Gasteiger partial charge in [-0.25, -0.2) is 4.68 Å². The predicted octanol–water partition coefficient (Wildman–Crippen LogP) is 3.66. The van der Waals surface area contributed by atoms with E-state index in [0.717, 1.165) is 22.4 Å². The van der Waals surface area contributed by atoms with Crippen molar-refractivity contribution in [3.8, 4) is 11.4 Å². The van der Waals surface area contributed by atoms with E-state index < -0.39 is 0 Å². The van der Waals surface area contributed by atoms with E-state index >= 15 is 0 Å². The summed E-state index contributed by atoms with van der Waals surface area (Å²) in [5, 5.41) is 12.3. The molecule has 0 amide bonds. The smallest absolute Gasteiger partial charge is 0.183 e. The lowest BCUT2D eigenvalue weighted by molar-refractivity contribution is 0.175. The van der Waals surface area contributed by atoms with Crippen molar-refractivity contribution in [1.82, 2.24) is 20.2 Å². The molecule has 0 saturated heterocycles. The Bertz CT molecular complexity index is 631. The number of tetrazole rings is 1. The molecule has 21 heavy (non-hydrogen) atoms. The molecule has 1 aromatic heterocycles. The molecule has 1 aromatic carbocycles. The van der Waals surface area contributed by atoms with E-state index in [-0.39, 0.29) is 5.41 Å². The Morgan fingerprint density at radius 2 is 2.05 bits per heavy atom. The molecule has 0 atom stereocenters. The summed E-state index contributed by atoms with van der Waals surface area (Å²) in [6.45, 7) is 3.20. The van der Waals surface area contributed by atoms with Gasteiger partial charge in [0, 0.05) is 15.7 Å². The zero-order valence-electron chi connectivity index (χ0n) is 12.2. The largest absolute Gasteiger partial charge is 0.399 e. The molecule has 0 aliphatic heterocycles. The predicted molar refractivity (Wildman–Crippen MR) is 86.6 cm³/mol. The van der Waals surface area contributed by atoms with Crippen LogP contribution in [-0.2, 0) is 6.54 Å². The van der Waals surface area contributed by atoms with Crippen LogP contribution in [0.1, 0.15) is 39.0 Å². The number of hydrogen-bond donors (Lipinski definition) is 1. The van der Waals surface area contributed by atoms with Gasteiger partial charge < -0.3 is 5.73 Å². The minimum Gasteiger partial charge on any atom is -0.399 e. The number of nitrogen functional groups attached to an aromatic ring is 1. The quantitative estimate of drug-likeness (QED) is 0.858. The zero-order chi connectivity index (χ0) is 14.9. The molecule has 1 aliphatic rings. The molecule has 0 radical (unpaired) electrons. The van der Waals surface area contributed by atoms with Crippen molar-refractivity contribution >= 4 is 21.6 Å². The molecular formula is C15H20BrN5. The third-order valence-corrected chi connectivity index (χ3v) is 5.05. The Hall–Kier alpha value is -1.43. The van der Waals surface area contributed by atoms with Crippen molar-refractivity contribution in [2.75, 3.05) is 5.73 Å². The number of nitrogens with two attached hydrogens (primary N) is 1. The topological polar surface area (TPSA) is 69.6 Å². The summed E-state index contributed by atoms with van der Waals surface area (Å²) in [4.78, 5) is 0. The maximum atomic E-state index is 5.90. The van der Waals surface area contributed by atoms with Gasteiger partial charge in [-0.3, -0.25) is 0 Å². The van der Waals surface area contributed by atoms with E-state index in [2.05, 4.69) is 38.4 Å². The number of rotatable bonds is 3. The van der Waals surface area contributed by atoms with Crippen LogP contribution in [0.3, 0.4) is 0 Å². The van der Waals surface area contributed by atoms with E-state index in [4.69, 9.17) is 5.73 Å². The summed E-state index contributed by atoms with van der Waals surface area (Å²) in [7, 11) is 0. The summed E-state index contributed by atoms with van der Waals surface area (Å²) in [5.74, 6) is 0.779. The summed E-state index contributed by atoms with van der Waals surface area (Å²) >= 11 is 3.56. The molecule has 1 aliphatic carbocycles. The van der Waals surface area contributed by atoms with Crippen molar-refractivity contribution in [3.05, 3.63) is 22.7 Å². The van der Waals surface area contributed by atoms with Gasteiger partial charge in [-0.05, 0) is 46.9 Å². The van der Waals surface area contributed by atoms with E-state index in [0.29, 0.717) is 5.69 Å². The van der Waals surface area contributed by atoms with Gasteiger partial charge in [0.15, 0.2) is 5.82 Å². The van der Waals surface area contributed by atoms with Crippen molar-refractivity contribution in [2.45, 2.75) is 45.6 Å². The molecule has 1 fully saturated rings. The van der Waals surface area contributed by atoms with Crippen LogP contribution in [0.4, 0.5) is 5.69 Å². The molecule has 6 heteroatoms. The first kappa shape index (κ1) is 14.5. The summed E-state index contributed by atoms with van der Waals surface area (Å²) < 4.78 is 2.88. The first-order chi connectivity index (χ1) is 10.1. The number of aromatic nitrogens is 4. The minimum absolute atomic E-state index is 0.287. The second kappa shape index (κ2) is 5.75. The van der Waals surface area contributed by atoms with Crippen LogP contribution in [0, 0.1) is 5.41 Å². The van der Waals surface area contributed by atoms with Gasteiger partial charge in [0.1, 0.15) is 0 Å². The van der Waals surface area contributed by atoms with Gasteiger partial charge in [0.2, 0.25) is 0 Å². The van der Waals surface area contributed by atoms with Crippen molar-refractivity contribution in [3.63, 3.8) is 0 Å². The van der Waals surface area contributed by atoms with Crippen molar-refractivity contribution in [1.29, 1.82) is 0 Å². The molecule has 112 valence electrons. The molecule has 2 aromatic rings. The van der Waals surface area contributed by atoms with Crippen molar-refractivity contribution in [2.24, 2.45) is 5.41 Å². The zero-order valence-corrected chi connectivity index (χ0v) is 13.8. The molecule has 3 rings (SSSR count). The van der Waals surface area contributed by atoms with Crippen LogP contribution in [-0.4, -0.2) is 20.2 Å². The highest BCUT2D eigenvalue weighted by atomic mass is 79.9. The fraction of sp³-hybridized carbons (Fsp3) is 0.533. The third-order valence-electron chi connectivity index (χ3n) is 4.36. The lowest BCUT2D eigenvalue weighted by Crippen LogP contribution is -2.27. The standard InChI is InChI=1S/C15H20BrN5/c1-15(7-3-2-4-8-15)10-21-14(18-19-20-21)12-9-11(17)5-6-13(12)16/h5-6,9H,2-4,7-8,10,17H2,1H3. The number of nitrogens with zero attached hydrogens (tertiary/aromatic N) is 4. The second-order valence-electron chi connectivity index (χ2n) is 6.27. The summed E-state index contributed by atoms with van der Waals surface area (Å²) in [6, 6.07) is 5.71. The van der Waals surface area contributed by atoms with Crippen LogP contribution in [0.25, 0.3) is 11.4 Å². The highest BCUT2D eigenvalue weighted by Gasteiger charge is 2.29. The molecule has 1 saturated carbocycles. The monoisotopic (exact) mass is 349 g/mol. The van der Waals surface area contributed by atoms with Gasteiger partial charge in [-0.15, -0.1) is 5.10 Å². The summed E-state index contributed by atoms with van der Waals surface area (Å²) in [6.07, 6.45) is 6.43. The third kappa shape index (κ3) is 3.10. The average Bonchev–Trinajstić information content (AvgIpc) is 2.89. The van der Waals surface area contributed by atoms with Crippen LogP contribution < -0.4 is 5.73 Å². The second-order valence-corrected chi connectivity index (χ2v) is 7.13. The van der Waals surface area contributed by atoms with E-state index in [1.165, 1.54) is 32.1 Å². The fourth-order valence-electron chi connectivity index (χ4n) is 3.14. The molecule has 0 bridgehead atoms. The van der Waals surface area contributed by atoms with Gasteiger partial charge in [-0.1, -0.05) is 42.1 Å². The van der Waals surface area contributed by atoms with Crippen molar-refractivity contribution < 1.29 is 0 Å². The van der Waals surface area contributed by atoms with E-state index in [1.54, 1.807) is 0 Å². The van der Waals surface area contributed by atoms with Gasteiger partial charge in [-0.2, -0.15) is 0 Å². The highest BCUT2D eigenvalue weighted by Crippen LogP contribution is 2.38. The lowest BCUT2D eigenvalue weighted by atomic mass is 9.76. The van der Waals surface area contributed by atoms with Gasteiger partial charge in [0.25, 0.3) is 0 Å². The number of hydrogen-bond acceptors (Lipinski definition) is 4.